The summed E-state index contributed by atoms with van der Waals surface area (Å²) in [6, 6.07) is 0. The molecule has 2 rings (SSSR count). The van der Waals surface area contributed by atoms with E-state index in [2.05, 4.69) is 13.8 Å². The molecule has 4 heteroatoms. The third-order valence-electron chi connectivity index (χ3n) is 6.17. The highest BCUT2D eigenvalue weighted by Gasteiger charge is 2.24. The standard InChI is InChI=1S/C23H38O4/c1-3-5-7-19-10-14-21(15-11-19)27-23(25)17-16-22(24)26-20-12-8-18(6-4-2)9-13-20/h16-21H,3-15H2,1-2H3/b17-16+. The molecule has 2 fully saturated rings. The van der Waals surface area contributed by atoms with Crippen molar-refractivity contribution in [2.24, 2.45) is 11.8 Å². The largest absolute Gasteiger partial charge is 0.459 e. The second kappa shape index (κ2) is 12.2. The molecule has 2 saturated carbocycles. The molecule has 0 spiro atoms. The van der Waals surface area contributed by atoms with Crippen LogP contribution >= 0.6 is 0 Å². The zero-order chi connectivity index (χ0) is 19.5. The Labute approximate surface area is 165 Å². The van der Waals surface area contributed by atoms with Crippen LogP contribution in [0.2, 0.25) is 0 Å². The van der Waals surface area contributed by atoms with Crippen LogP contribution in [0, 0.1) is 11.8 Å². The second-order valence-electron chi connectivity index (χ2n) is 8.42. The molecule has 0 bridgehead atoms. The van der Waals surface area contributed by atoms with Gasteiger partial charge in [-0.15, -0.1) is 0 Å². The zero-order valence-electron chi connectivity index (χ0n) is 17.3. The molecule has 154 valence electrons. The van der Waals surface area contributed by atoms with E-state index >= 15 is 0 Å². The van der Waals surface area contributed by atoms with Gasteiger partial charge in [-0.05, 0) is 63.2 Å². The van der Waals surface area contributed by atoms with Crippen molar-refractivity contribution in [2.45, 2.75) is 110 Å². The molecule has 0 atom stereocenters. The summed E-state index contributed by atoms with van der Waals surface area (Å²) < 4.78 is 11.0. The van der Waals surface area contributed by atoms with Gasteiger partial charge in [0.25, 0.3) is 0 Å². The van der Waals surface area contributed by atoms with Crippen LogP contribution in [0.5, 0.6) is 0 Å². The van der Waals surface area contributed by atoms with Crippen LogP contribution in [0.3, 0.4) is 0 Å². The number of unbranched alkanes of at least 4 members (excludes halogenated alkanes) is 1. The molecule has 0 radical (unpaired) electrons. The zero-order valence-corrected chi connectivity index (χ0v) is 17.3. The Morgan fingerprint density at radius 2 is 1.15 bits per heavy atom. The molecular formula is C23H38O4. The van der Waals surface area contributed by atoms with Crippen LogP contribution in [0.4, 0.5) is 0 Å². The van der Waals surface area contributed by atoms with E-state index in [0.717, 1.165) is 63.2 Å². The third-order valence-corrected chi connectivity index (χ3v) is 6.17. The van der Waals surface area contributed by atoms with Crippen LogP contribution in [0.1, 0.15) is 97.3 Å². The number of ether oxygens (including phenoxy) is 2. The predicted molar refractivity (Wildman–Crippen MR) is 107 cm³/mol. The highest BCUT2D eigenvalue weighted by molar-refractivity contribution is 5.91. The summed E-state index contributed by atoms with van der Waals surface area (Å²) in [6.07, 6.45) is 17.1. The Morgan fingerprint density at radius 3 is 1.56 bits per heavy atom. The summed E-state index contributed by atoms with van der Waals surface area (Å²) in [5.41, 5.74) is 0. The van der Waals surface area contributed by atoms with E-state index in [1.807, 2.05) is 0 Å². The molecule has 0 N–H and O–H groups in total. The molecule has 0 aromatic heterocycles. The number of esters is 2. The summed E-state index contributed by atoms with van der Waals surface area (Å²) in [4.78, 5) is 23.9. The molecule has 2 aliphatic carbocycles. The minimum absolute atomic E-state index is 0.00433. The fraction of sp³-hybridized carbons (Fsp3) is 0.826. The minimum atomic E-state index is -0.422. The maximum atomic E-state index is 12.0. The highest BCUT2D eigenvalue weighted by atomic mass is 16.5. The van der Waals surface area contributed by atoms with Crippen molar-refractivity contribution >= 4 is 11.9 Å². The van der Waals surface area contributed by atoms with Gasteiger partial charge in [-0.3, -0.25) is 0 Å². The first-order valence-electron chi connectivity index (χ1n) is 11.2. The Balaban J connectivity index is 1.61. The quantitative estimate of drug-likeness (QED) is 0.379. The van der Waals surface area contributed by atoms with Gasteiger partial charge >= 0.3 is 11.9 Å². The molecule has 27 heavy (non-hydrogen) atoms. The van der Waals surface area contributed by atoms with Gasteiger partial charge in [-0.1, -0.05) is 46.0 Å². The van der Waals surface area contributed by atoms with Crippen molar-refractivity contribution in [2.75, 3.05) is 0 Å². The van der Waals surface area contributed by atoms with Crippen LogP contribution < -0.4 is 0 Å². The van der Waals surface area contributed by atoms with E-state index in [1.165, 1.54) is 44.3 Å². The number of rotatable bonds is 9. The van der Waals surface area contributed by atoms with Crippen molar-refractivity contribution < 1.29 is 19.1 Å². The van der Waals surface area contributed by atoms with Gasteiger partial charge in [0.15, 0.2) is 0 Å². The van der Waals surface area contributed by atoms with Gasteiger partial charge in [0.05, 0.1) is 0 Å². The summed E-state index contributed by atoms with van der Waals surface area (Å²) in [5, 5.41) is 0. The lowest BCUT2D eigenvalue weighted by molar-refractivity contribution is -0.147. The third kappa shape index (κ3) is 8.49. The lowest BCUT2D eigenvalue weighted by Gasteiger charge is -2.28. The Kier molecular flexibility index (Phi) is 9.93. The van der Waals surface area contributed by atoms with Crippen LogP contribution in [0.25, 0.3) is 0 Å². The average molecular weight is 379 g/mol. The molecule has 0 amide bonds. The molecule has 0 aliphatic heterocycles. The fourth-order valence-corrected chi connectivity index (χ4v) is 4.52. The van der Waals surface area contributed by atoms with E-state index in [1.54, 1.807) is 0 Å². The topological polar surface area (TPSA) is 52.6 Å². The molecule has 0 unspecified atom stereocenters. The van der Waals surface area contributed by atoms with Crippen molar-refractivity contribution in [3.05, 3.63) is 12.2 Å². The number of hydrogen-bond acceptors (Lipinski definition) is 4. The van der Waals surface area contributed by atoms with Gasteiger partial charge < -0.3 is 9.47 Å². The summed E-state index contributed by atoms with van der Waals surface area (Å²) in [5.74, 6) is 0.732. The minimum Gasteiger partial charge on any atom is -0.459 e. The van der Waals surface area contributed by atoms with Crippen molar-refractivity contribution in [3.8, 4) is 0 Å². The molecule has 0 aromatic rings. The van der Waals surface area contributed by atoms with Gasteiger partial charge in [-0.25, -0.2) is 9.59 Å². The van der Waals surface area contributed by atoms with Crippen LogP contribution in [0.15, 0.2) is 12.2 Å². The van der Waals surface area contributed by atoms with Gasteiger partial charge in [-0.2, -0.15) is 0 Å². The Hall–Kier alpha value is -1.32. The molecule has 0 aromatic carbocycles. The van der Waals surface area contributed by atoms with Crippen LogP contribution in [-0.4, -0.2) is 24.1 Å². The van der Waals surface area contributed by atoms with E-state index in [0.29, 0.717) is 0 Å². The van der Waals surface area contributed by atoms with E-state index in [4.69, 9.17) is 9.47 Å². The fourth-order valence-electron chi connectivity index (χ4n) is 4.52. The first-order chi connectivity index (χ1) is 13.1. The summed E-state index contributed by atoms with van der Waals surface area (Å²) >= 11 is 0. The summed E-state index contributed by atoms with van der Waals surface area (Å²) in [7, 11) is 0. The normalized spacial score (nSPS) is 28.8. The van der Waals surface area contributed by atoms with Crippen LogP contribution in [-0.2, 0) is 19.1 Å². The van der Waals surface area contributed by atoms with E-state index in [-0.39, 0.29) is 12.2 Å². The number of carbonyl (C=O) groups is 2. The molecule has 0 heterocycles. The van der Waals surface area contributed by atoms with E-state index < -0.39 is 11.9 Å². The maximum absolute atomic E-state index is 12.0. The lowest BCUT2D eigenvalue weighted by Crippen LogP contribution is -2.25. The van der Waals surface area contributed by atoms with E-state index in [9.17, 15) is 9.59 Å². The average Bonchev–Trinajstić information content (AvgIpc) is 2.68. The van der Waals surface area contributed by atoms with Gasteiger partial charge in [0.2, 0.25) is 0 Å². The second-order valence-corrected chi connectivity index (χ2v) is 8.42. The van der Waals surface area contributed by atoms with Gasteiger partial charge in [0.1, 0.15) is 12.2 Å². The predicted octanol–water partition coefficient (Wildman–Crippen LogP) is 5.74. The van der Waals surface area contributed by atoms with Crippen molar-refractivity contribution in [3.63, 3.8) is 0 Å². The van der Waals surface area contributed by atoms with Crippen molar-refractivity contribution in [1.29, 1.82) is 0 Å². The Bertz CT molecular complexity index is 469. The number of hydrogen-bond donors (Lipinski definition) is 0. The lowest BCUT2D eigenvalue weighted by atomic mass is 9.84. The molecular weight excluding hydrogens is 340 g/mol. The number of carbonyl (C=O) groups excluding carboxylic acids is 2. The van der Waals surface area contributed by atoms with Crippen molar-refractivity contribution in [1.82, 2.24) is 0 Å². The molecule has 2 aliphatic rings. The molecule has 0 saturated heterocycles. The first-order valence-corrected chi connectivity index (χ1v) is 11.2. The smallest absolute Gasteiger partial charge is 0.331 e. The SMILES string of the molecule is CCCCC1CCC(OC(=O)/C=C/C(=O)OC2CCC(CCC)CC2)CC1. The first kappa shape index (κ1) is 22.0. The maximum Gasteiger partial charge on any atom is 0.331 e. The summed E-state index contributed by atoms with van der Waals surface area (Å²) in [6.45, 7) is 4.44. The molecule has 4 nitrogen and oxygen atoms in total. The van der Waals surface area contributed by atoms with Gasteiger partial charge in [0, 0.05) is 12.2 Å². The monoisotopic (exact) mass is 378 g/mol. The Morgan fingerprint density at radius 1 is 0.704 bits per heavy atom. The highest BCUT2D eigenvalue weighted by Crippen LogP contribution is 2.30.